The van der Waals surface area contributed by atoms with Gasteiger partial charge in [-0.3, -0.25) is 0 Å². The Labute approximate surface area is 112 Å². The Bertz CT molecular complexity index is 574. The first kappa shape index (κ1) is 12.3. The van der Waals surface area contributed by atoms with E-state index in [2.05, 4.69) is 35.4 Å². The molecular formula is C14H17N3O2. The number of rotatable bonds is 2. The van der Waals surface area contributed by atoms with Crippen LogP contribution in [0.15, 0.2) is 22.7 Å². The Morgan fingerprint density at radius 1 is 1.32 bits per heavy atom. The van der Waals surface area contributed by atoms with E-state index in [-0.39, 0.29) is 6.04 Å². The Morgan fingerprint density at radius 2 is 2.21 bits per heavy atom. The minimum Gasteiger partial charge on any atom is -0.378 e. The Morgan fingerprint density at radius 3 is 3.00 bits per heavy atom. The summed E-state index contributed by atoms with van der Waals surface area (Å²) in [5.74, 6) is 1.24. The molecule has 0 aliphatic carbocycles. The van der Waals surface area contributed by atoms with E-state index in [4.69, 9.17) is 9.26 Å². The minimum atomic E-state index is 0.0244. The van der Waals surface area contributed by atoms with Gasteiger partial charge in [0.25, 0.3) is 5.89 Å². The summed E-state index contributed by atoms with van der Waals surface area (Å²) in [6, 6.07) is 6.11. The van der Waals surface area contributed by atoms with Crippen molar-refractivity contribution < 1.29 is 9.26 Å². The van der Waals surface area contributed by atoms with Gasteiger partial charge in [0.05, 0.1) is 19.3 Å². The van der Waals surface area contributed by atoms with Gasteiger partial charge in [0, 0.05) is 12.1 Å². The molecule has 1 aromatic carbocycles. The molecule has 1 unspecified atom stereocenters. The van der Waals surface area contributed by atoms with Gasteiger partial charge >= 0.3 is 0 Å². The third-order valence-corrected chi connectivity index (χ3v) is 3.51. The van der Waals surface area contributed by atoms with E-state index in [0.717, 1.165) is 18.7 Å². The zero-order chi connectivity index (χ0) is 13.2. The van der Waals surface area contributed by atoms with E-state index in [1.165, 1.54) is 11.1 Å². The van der Waals surface area contributed by atoms with E-state index in [9.17, 15) is 0 Å². The average Bonchev–Trinajstić information content (AvgIpc) is 2.92. The highest BCUT2D eigenvalue weighted by molar-refractivity contribution is 5.60. The van der Waals surface area contributed by atoms with E-state index >= 15 is 0 Å². The van der Waals surface area contributed by atoms with Crippen molar-refractivity contribution in [3.63, 3.8) is 0 Å². The molecule has 1 fully saturated rings. The lowest BCUT2D eigenvalue weighted by molar-refractivity contribution is 0.0734. The second-order valence-corrected chi connectivity index (χ2v) is 4.79. The van der Waals surface area contributed by atoms with E-state index in [0.29, 0.717) is 18.3 Å². The number of aromatic nitrogens is 2. The molecule has 0 amide bonds. The number of nitrogens with zero attached hydrogens (tertiary/aromatic N) is 2. The lowest BCUT2D eigenvalue weighted by Crippen LogP contribution is -2.35. The number of hydrogen-bond donors (Lipinski definition) is 1. The molecule has 19 heavy (non-hydrogen) atoms. The second-order valence-electron chi connectivity index (χ2n) is 4.79. The van der Waals surface area contributed by atoms with Crippen LogP contribution >= 0.6 is 0 Å². The Hall–Kier alpha value is -1.72. The third kappa shape index (κ3) is 2.39. The molecule has 3 rings (SSSR count). The third-order valence-electron chi connectivity index (χ3n) is 3.51. The van der Waals surface area contributed by atoms with Crippen molar-refractivity contribution in [2.75, 3.05) is 19.8 Å². The molecule has 1 atom stereocenters. The van der Waals surface area contributed by atoms with Crippen LogP contribution < -0.4 is 5.32 Å². The van der Waals surface area contributed by atoms with Crippen molar-refractivity contribution in [2.45, 2.75) is 19.9 Å². The monoisotopic (exact) mass is 259 g/mol. The highest BCUT2D eigenvalue weighted by atomic mass is 16.5. The summed E-state index contributed by atoms with van der Waals surface area (Å²) in [4.78, 5) is 4.49. The first-order valence-electron chi connectivity index (χ1n) is 6.47. The Balaban J connectivity index is 1.90. The van der Waals surface area contributed by atoms with Crippen molar-refractivity contribution >= 4 is 0 Å². The molecular weight excluding hydrogens is 242 g/mol. The van der Waals surface area contributed by atoms with E-state index in [1.807, 2.05) is 12.1 Å². The molecule has 1 aliphatic rings. The van der Waals surface area contributed by atoms with E-state index in [1.54, 1.807) is 0 Å². The van der Waals surface area contributed by atoms with Crippen molar-refractivity contribution in [3.05, 3.63) is 35.2 Å². The average molecular weight is 259 g/mol. The quantitative estimate of drug-likeness (QED) is 0.894. The first-order chi connectivity index (χ1) is 9.25. The fourth-order valence-corrected chi connectivity index (χ4v) is 2.20. The fraction of sp³-hybridized carbons (Fsp3) is 0.429. The van der Waals surface area contributed by atoms with Crippen LogP contribution in [-0.2, 0) is 4.74 Å². The molecule has 0 saturated carbocycles. The first-order valence-corrected chi connectivity index (χ1v) is 6.47. The maximum Gasteiger partial charge on any atom is 0.258 e. The molecule has 1 saturated heterocycles. The largest absolute Gasteiger partial charge is 0.378 e. The lowest BCUT2D eigenvalue weighted by Gasteiger charge is -2.20. The molecule has 1 aliphatic heterocycles. The minimum absolute atomic E-state index is 0.0244. The van der Waals surface area contributed by atoms with Gasteiger partial charge in [0.2, 0.25) is 0 Å². The molecule has 5 nitrogen and oxygen atoms in total. The van der Waals surface area contributed by atoms with Gasteiger partial charge in [0.15, 0.2) is 5.82 Å². The number of hydrogen-bond acceptors (Lipinski definition) is 5. The number of aryl methyl sites for hydroxylation is 1. The highest BCUT2D eigenvalue weighted by Gasteiger charge is 2.21. The van der Waals surface area contributed by atoms with Crippen LogP contribution in [0.25, 0.3) is 11.5 Å². The van der Waals surface area contributed by atoms with Crippen molar-refractivity contribution in [2.24, 2.45) is 0 Å². The topological polar surface area (TPSA) is 60.2 Å². The number of benzene rings is 1. The summed E-state index contributed by atoms with van der Waals surface area (Å²) in [5.41, 5.74) is 3.39. The lowest BCUT2D eigenvalue weighted by atomic mass is 10.0. The summed E-state index contributed by atoms with van der Waals surface area (Å²) in [6.45, 7) is 6.28. The van der Waals surface area contributed by atoms with Gasteiger partial charge < -0.3 is 14.6 Å². The second kappa shape index (κ2) is 5.11. The number of ether oxygens (including phenoxy) is 1. The predicted molar refractivity (Wildman–Crippen MR) is 70.8 cm³/mol. The van der Waals surface area contributed by atoms with Crippen LogP contribution in [0.3, 0.4) is 0 Å². The van der Waals surface area contributed by atoms with Crippen LogP contribution in [0.2, 0.25) is 0 Å². The summed E-state index contributed by atoms with van der Waals surface area (Å²) in [5, 5.41) is 7.37. The van der Waals surface area contributed by atoms with Gasteiger partial charge in [-0.05, 0) is 31.0 Å². The maximum atomic E-state index is 5.41. The van der Waals surface area contributed by atoms with Gasteiger partial charge in [-0.25, -0.2) is 0 Å². The van der Waals surface area contributed by atoms with Gasteiger partial charge in [-0.15, -0.1) is 0 Å². The number of nitrogens with one attached hydrogen (secondary N) is 1. The van der Waals surface area contributed by atoms with Crippen LogP contribution in [0, 0.1) is 13.8 Å². The van der Waals surface area contributed by atoms with E-state index < -0.39 is 0 Å². The maximum absolute atomic E-state index is 5.41. The zero-order valence-electron chi connectivity index (χ0n) is 11.1. The van der Waals surface area contributed by atoms with Crippen LogP contribution in [0.4, 0.5) is 0 Å². The van der Waals surface area contributed by atoms with Gasteiger partial charge in [0.1, 0.15) is 0 Å². The molecule has 100 valence electrons. The molecule has 0 spiro atoms. The molecule has 1 N–H and O–H groups in total. The summed E-state index contributed by atoms with van der Waals surface area (Å²) in [6.07, 6.45) is 0. The smallest absolute Gasteiger partial charge is 0.258 e. The fourth-order valence-electron chi connectivity index (χ4n) is 2.20. The SMILES string of the molecule is Cc1cccc(-c2nc(C3COCCN3)no2)c1C. The summed E-state index contributed by atoms with van der Waals surface area (Å²) >= 11 is 0. The van der Waals surface area contributed by atoms with Crippen LogP contribution in [0.5, 0.6) is 0 Å². The predicted octanol–water partition coefficient (Wildman–Crippen LogP) is 2.01. The van der Waals surface area contributed by atoms with Crippen LogP contribution in [-0.4, -0.2) is 29.9 Å². The molecule has 1 aromatic heterocycles. The molecule has 2 aromatic rings. The van der Waals surface area contributed by atoms with Crippen molar-refractivity contribution in [3.8, 4) is 11.5 Å². The van der Waals surface area contributed by atoms with Gasteiger partial charge in [-0.2, -0.15) is 4.98 Å². The van der Waals surface area contributed by atoms with Gasteiger partial charge in [-0.1, -0.05) is 17.3 Å². The van der Waals surface area contributed by atoms with Crippen molar-refractivity contribution in [1.82, 2.24) is 15.5 Å². The highest BCUT2D eigenvalue weighted by Crippen LogP contribution is 2.25. The standard InChI is InChI=1S/C14H17N3O2/c1-9-4-3-5-11(10(9)2)14-16-13(17-19-14)12-8-18-7-6-15-12/h3-5,12,15H,6-8H2,1-2H3. The molecule has 5 heteroatoms. The number of morpholine rings is 1. The van der Waals surface area contributed by atoms with Crippen molar-refractivity contribution in [1.29, 1.82) is 0 Å². The summed E-state index contributed by atoms with van der Waals surface area (Å²) < 4.78 is 10.8. The van der Waals surface area contributed by atoms with Crippen LogP contribution in [0.1, 0.15) is 23.0 Å². The Kier molecular flexibility index (Phi) is 3.31. The summed E-state index contributed by atoms with van der Waals surface area (Å²) in [7, 11) is 0. The molecule has 0 radical (unpaired) electrons. The molecule has 0 bridgehead atoms. The molecule has 2 heterocycles. The normalized spacial score (nSPS) is 19.6. The zero-order valence-corrected chi connectivity index (χ0v) is 11.1.